The molecule has 1 unspecified atom stereocenters. The van der Waals surface area contributed by atoms with Crippen LogP contribution in [0.1, 0.15) is 45.2 Å². The van der Waals surface area contributed by atoms with Crippen LogP contribution in [0.25, 0.3) is 0 Å². The first-order valence-corrected chi connectivity index (χ1v) is 8.68. The Morgan fingerprint density at radius 3 is 2.46 bits per heavy atom. The van der Waals surface area contributed by atoms with Crippen LogP contribution in [0.15, 0.2) is 6.33 Å². The number of hydrogen-bond donors (Lipinski definition) is 1. The van der Waals surface area contributed by atoms with Crippen LogP contribution >= 0.6 is 11.6 Å². The number of halogens is 4. The van der Waals surface area contributed by atoms with E-state index in [4.69, 9.17) is 16.3 Å². The van der Waals surface area contributed by atoms with Crippen LogP contribution in [0.5, 0.6) is 0 Å². The third-order valence-corrected chi connectivity index (χ3v) is 4.80. The maximum atomic E-state index is 13.1. The molecule has 1 N–H and O–H groups in total. The van der Waals surface area contributed by atoms with Gasteiger partial charge in [0, 0.05) is 12.6 Å². The van der Waals surface area contributed by atoms with E-state index in [2.05, 4.69) is 15.3 Å². The minimum Gasteiger partial charge on any atom is -0.369 e. The van der Waals surface area contributed by atoms with Gasteiger partial charge >= 0.3 is 6.18 Å². The molecule has 136 valence electrons. The van der Waals surface area contributed by atoms with E-state index in [1.165, 1.54) is 6.33 Å². The maximum Gasteiger partial charge on any atom is 0.414 e. The van der Waals surface area contributed by atoms with Crippen LogP contribution in [-0.4, -0.2) is 34.9 Å². The van der Waals surface area contributed by atoms with Gasteiger partial charge < -0.3 is 10.1 Å². The molecule has 1 aliphatic carbocycles. The monoisotopic (exact) mass is 365 g/mol. The summed E-state index contributed by atoms with van der Waals surface area (Å²) in [5.41, 5.74) is 0.760. The second-order valence-corrected chi connectivity index (χ2v) is 6.39. The molecular weight excluding hydrogens is 343 g/mol. The highest BCUT2D eigenvalue weighted by Gasteiger charge is 2.46. The first-order chi connectivity index (χ1) is 11.4. The molecule has 2 rings (SSSR count). The Balaban J connectivity index is 1.95. The largest absolute Gasteiger partial charge is 0.414 e. The Hall–Kier alpha value is -1.08. The zero-order chi connectivity index (χ0) is 17.7. The topological polar surface area (TPSA) is 47.0 Å². The molecule has 1 aromatic heterocycles. The maximum absolute atomic E-state index is 13.1. The second-order valence-electron chi connectivity index (χ2n) is 6.01. The number of alkyl halides is 3. The van der Waals surface area contributed by atoms with Crippen LogP contribution in [0, 0.1) is 5.92 Å². The summed E-state index contributed by atoms with van der Waals surface area (Å²) in [6.07, 6.45) is -1.64. The molecule has 0 amide bonds. The van der Waals surface area contributed by atoms with Gasteiger partial charge in [-0.25, -0.2) is 9.97 Å². The van der Waals surface area contributed by atoms with Crippen molar-refractivity contribution in [3.63, 3.8) is 0 Å². The second kappa shape index (κ2) is 8.34. The molecule has 0 radical (unpaired) electrons. The molecule has 0 spiro atoms. The zero-order valence-corrected chi connectivity index (χ0v) is 14.6. The first kappa shape index (κ1) is 19.2. The van der Waals surface area contributed by atoms with E-state index in [0.29, 0.717) is 42.9 Å². The van der Waals surface area contributed by atoms with E-state index >= 15 is 0 Å². The molecule has 1 atom stereocenters. The highest BCUT2D eigenvalue weighted by Crippen LogP contribution is 2.37. The summed E-state index contributed by atoms with van der Waals surface area (Å²) in [6, 6.07) is 0.0638. The third-order valence-electron chi connectivity index (χ3n) is 4.41. The minimum atomic E-state index is -4.31. The lowest BCUT2D eigenvalue weighted by Crippen LogP contribution is -2.41. The van der Waals surface area contributed by atoms with E-state index in [-0.39, 0.29) is 12.6 Å². The lowest BCUT2D eigenvalue weighted by Gasteiger charge is -2.35. The summed E-state index contributed by atoms with van der Waals surface area (Å²) in [5, 5.41) is 3.74. The van der Waals surface area contributed by atoms with Crippen molar-refractivity contribution < 1.29 is 17.9 Å². The Morgan fingerprint density at radius 2 is 1.92 bits per heavy atom. The van der Waals surface area contributed by atoms with E-state index in [1.807, 2.05) is 6.92 Å². The van der Waals surface area contributed by atoms with E-state index < -0.39 is 18.2 Å². The molecule has 1 aliphatic rings. The number of hydrogen-bond acceptors (Lipinski definition) is 4. The molecule has 1 aromatic rings. The molecule has 8 heteroatoms. The number of aryl methyl sites for hydroxylation is 1. The number of nitrogens with one attached hydrogen (secondary N) is 1. The summed E-state index contributed by atoms with van der Waals surface area (Å²) in [5.74, 6) is 0.0687. The number of aromatic nitrogens is 2. The van der Waals surface area contributed by atoms with Gasteiger partial charge in [-0.15, -0.1) is 0 Å². The summed E-state index contributed by atoms with van der Waals surface area (Å²) < 4.78 is 44.3. The van der Waals surface area contributed by atoms with Crippen LogP contribution in [0.3, 0.4) is 0 Å². The predicted octanol–water partition coefficient (Wildman–Crippen LogP) is 4.63. The quantitative estimate of drug-likeness (QED) is 0.798. The fourth-order valence-electron chi connectivity index (χ4n) is 3.19. The molecule has 0 aromatic carbocycles. The number of nitrogens with zero attached hydrogens (tertiary/aromatic N) is 2. The van der Waals surface area contributed by atoms with Crippen molar-refractivity contribution in [1.82, 2.24) is 9.97 Å². The van der Waals surface area contributed by atoms with Gasteiger partial charge in [0.15, 0.2) is 6.10 Å². The molecule has 1 heterocycles. The van der Waals surface area contributed by atoms with Gasteiger partial charge in [-0.05, 0) is 44.9 Å². The van der Waals surface area contributed by atoms with Crippen LogP contribution < -0.4 is 5.32 Å². The van der Waals surface area contributed by atoms with Crippen LogP contribution in [-0.2, 0) is 11.2 Å². The summed E-state index contributed by atoms with van der Waals surface area (Å²) in [7, 11) is 0. The van der Waals surface area contributed by atoms with Gasteiger partial charge in [0.25, 0.3) is 0 Å². The van der Waals surface area contributed by atoms with Crippen LogP contribution in [0.4, 0.5) is 19.0 Å². The molecule has 0 aliphatic heterocycles. The molecular formula is C16H23ClF3N3O. The van der Waals surface area contributed by atoms with Crippen molar-refractivity contribution in [2.24, 2.45) is 5.92 Å². The summed E-state index contributed by atoms with van der Waals surface area (Å²) in [6.45, 7) is 3.61. The average molecular weight is 366 g/mol. The number of ether oxygens (including phenoxy) is 1. The van der Waals surface area contributed by atoms with Gasteiger partial charge in [-0.1, -0.05) is 18.5 Å². The molecule has 4 nitrogen and oxygen atoms in total. The normalized spacial score (nSPS) is 23.1. The lowest BCUT2D eigenvalue weighted by atomic mass is 9.82. The van der Waals surface area contributed by atoms with E-state index in [1.54, 1.807) is 6.92 Å². The van der Waals surface area contributed by atoms with Crippen molar-refractivity contribution in [3.8, 4) is 0 Å². The fourth-order valence-corrected chi connectivity index (χ4v) is 3.48. The predicted molar refractivity (Wildman–Crippen MR) is 87.3 cm³/mol. The molecule has 1 saturated carbocycles. The van der Waals surface area contributed by atoms with Crippen molar-refractivity contribution >= 4 is 17.4 Å². The van der Waals surface area contributed by atoms with Crippen molar-refractivity contribution in [3.05, 3.63) is 17.0 Å². The first-order valence-electron chi connectivity index (χ1n) is 8.31. The average Bonchev–Trinajstić information content (AvgIpc) is 2.54. The van der Waals surface area contributed by atoms with Gasteiger partial charge in [0.2, 0.25) is 0 Å². The fraction of sp³-hybridized carbons (Fsp3) is 0.750. The number of anilines is 1. The standard InChI is InChI=1S/C16H23ClF3N3O/c1-3-12-13(17)15(22-9-21-12)23-11-7-5-10(6-8-11)14(24-4-2)16(18,19)20/h9-11,14H,3-8H2,1-2H3,(H,21,22,23). The van der Waals surface area contributed by atoms with E-state index in [0.717, 1.165) is 5.69 Å². The van der Waals surface area contributed by atoms with Crippen molar-refractivity contribution in [2.75, 3.05) is 11.9 Å². The lowest BCUT2D eigenvalue weighted by molar-refractivity contribution is -0.237. The highest BCUT2D eigenvalue weighted by atomic mass is 35.5. The zero-order valence-electron chi connectivity index (χ0n) is 13.9. The summed E-state index contributed by atoms with van der Waals surface area (Å²) in [4.78, 5) is 8.25. The Morgan fingerprint density at radius 1 is 1.25 bits per heavy atom. The molecule has 1 fully saturated rings. The SMILES string of the molecule is CCOC(C1CCC(Nc2ncnc(CC)c2Cl)CC1)C(F)(F)F. The van der Waals surface area contributed by atoms with Gasteiger partial charge in [0.1, 0.15) is 17.2 Å². The smallest absolute Gasteiger partial charge is 0.369 e. The molecule has 0 bridgehead atoms. The van der Waals surface area contributed by atoms with Crippen molar-refractivity contribution in [2.45, 2.75) is 64.3 Å². The van der Waals surface area contributed by atoms with Crippen molar-refractivity contribution in [1.29, 1.82) is 0 Å². The molecule has 0 saturated heterocycles. The Labute approximate surface area is 145 Å². The van der Waals surface area contributed by atoms with Crippen LogP contribution in [0.2, 0.25) is 5.02 Å². The van der Waals surface area contributed by atoms with Gasteiger partial charge in [0.05, 0.1) is 5.69 Å². The highest BCUT2D eigenvalue weighted by molar-refractivity contribution is 6.33. The third kappa shape index (κ3) is 4.72. The summed E-state index contributed by atoms with van der Waals surface area (Å²) >= 11 is 6.25. The van der Waals surface area contributed by atoms with E-state index in [9.17, 15) is 13.2 Å². The minimum absolute atomic E-state index is 0.0638. The molecule has 24 heavy (non-hydrogen) atoms. The Bertz CT molecular complexity index is 534. The van der Waals surface area contributed by atoms with Gasteiger partial charge in [-0.3, -0.25) is 0 Å². The van der Waals surface area contributed by atoms with Gasteiger partial charge in [-0.2, -0.15) is 13.2 Å². The Kier molecular flexibility index (Phi) is 6.69. The number of rotatable bonds is 6.